The number of likely N-dealkylation sites (N-methyl/N-ethyl adjacent to an activating group) is 1. The van der Waals surface area contributed by atoms with Crippen LogP contribution in [-0.2, 0) is 19.8 Å². The van der Waals surface area contributed by atoms with Gasteiger partial charge in [-0.15, -0.1) is 0 Å². The van der Waals surface area contributed by atoms with Crippen LogP contribution < -0.4 is 4.90 Å². The van der Waals surface area contributed by atoms with Crippen molar-refractivity contribution < 1.29 is 33.2 Å². The molecule has 0 aromatic heterocycles. The molecule has 0 spiro atoms. The highest BCUT2D eigenvalue weighted by atomic mass is 32.2. The van der Waals surface area contributed by atoms with Crippen molar-refractivity contribution in [2.75, 3.05) is 43.1 Å². The molecule has 4 N–H and O–H groups in total. The minimum absolute atomic E-state index is 0.298. The Bertz CT molecular complexity index is 1550. The molecular weight excluding hydrogens is 673 g/mol. The molecule has 0 saturated carbocycles. The monoisotopic (exact) mass is 716 g/mol. The van der Waals surface area contributed by atoms with Crippen molar-refractivity contribution in [1.29, 1.82) is 0 Å². The van der Waals surface area contributed by atoms with E-state index in [2.05, 4.69) is 38.7 Å². The Morgan fingerprint density at radius 3 is 2.40 bits per heavy atom. The number of anilines is 1. The number of carbonyl (C=O) groups excluding carboxylic acids is 1. The Morgan fingerprint density at radius 2 is 1.73 bits per heavy atom. The Kier molecular flexibility index (Phi) is 13.1. The van der Waals surface area contributed by atoms with E-state index >= 15 is 0 Å². The van der Waals surface area contributed by atoms with Gasteiger partial charge in [-0.25, -0.2) is 9.86 Å². The van der Waals surface area contributed by atoms with Crippen molar-refractivity contribution in [3.8, 4) is 0 Å². The number of hydrogen-bond donors (Lipinski definition) is 4. The van der Waals surface area contributed by atoms with Gasteiger partial charge in [0.05, 0.1) is 5.57 Å². The molecule has 260 valence electrons. The van der Waals surface area contributed by atoms with E-state index in [1.54, 1.807) is 6.20 Å². The van der Waals surface area contributed by atoms with E-state index in [9.17, 15) is 23.2 Å². The first-order valence-electron chi connectivity index (χ1n) is 15.6. The molecule has 3 aliphatic rings. The van der Waals surface area contributed by atoms with Gasteiger partial charge in [-0.05, 0) is 84.5 Å². The number of fused-ring (bicyclic) bond motifs is 2. The van der Waals surface area contributed by atoms with Gasteiger partial charge in [0.1, 0.15) is 6.17 Å². The second-order valence-electron chi connectivity index (χ2n) is 12.6. The zero-order valence-corrected chi connectivity index (χ0v) is 30.3. The molecule has 14 heteroatoms. The minimum atomic E-state index is -1.18. The molecule has 48 heavy (non-hydrogen) atoms. The molecule has 0 saturated heterocycles. The van der Waals surface area contributed by atoms with E-state index < -0.39 is 23.9 Å². The van der Waals surface area contributed by atoms with E-state index in [0.29, 0.717) is 30.0 Å². The van der Waals surface area contributed by atoms with Gasteiger partial charge in [-0.1, -0.05) is 45.9 Å². The van der Waals surface area contributed by atoms with E-state index in [1.165, 1.54) is 7.05 Å². The predicted octanol–water partition coefficient (Wildman–Crippen LogP) is 6.95. The summed E-state index contributed by atoms with van der Waals surface area (Å²) < 4.78 is 28.2. The summed E-state index contributed by atoms with van der Waals surface area (Å²) in [5.41, 5.74) is 4.70. The molecule has 0 bridgehead atoms. The molecule has 11 nitrogen and oxygen atoms in total. The third kappa shape index (κ3) is 8.41. The van der Waals surface area contributed by atoms with Crippen LogP contribution in [0.4, 0.5) is 5.69 Å². The Hall–Kier alpha value is -2.98. The number of carboxylic acid groups (broad SMARTS) is 1. The smallest absolute Gasteiger partial charge is 0.332 e. The molecule has 4 rings (SSSR count). The van der Waals surface area contributed by atoms with Gasteiger partial charge < -0.3 is 28.6 Å². The number of hydroxylamine groups is 2. The van der Waals surface area contributed by atoms with Crippen molar-refractivity contribution in [2.24, 2.45) is 10.4 Å². The van der Waals surface area contributed by atoms with E-state index in [0.717, 1.165) is 87.3 Å². The lowest BCUT2D eigenvalue weighted by atomic mass is 9.78. The van der Waals surface area contributed by atoms with Gasteiger partial charge in [0.15, 0.2) is 6.61 Å². The summed E-state index contributed by atoms with van der Waals surface area (Å²) >= 11 is 2.35. The zero-order valence-electron chi connectivity index (χ0n) is 27.8. The lowest BCUT2D eigenvalue weighted by Crippen LogP contribution is -2.39. The minimum Gasteiger partial charge on any atom is -0.479 e. The Balaban J connectivity index is 1.57. The fourth-order valence-electron chi connectivity index (χ4n) is 6.15. The third-order valence-electron chi connectivity index (χ3n) is 8.71. The SMILES string of the molecule is CN(OCC(=O)O)C(=O)C1=CN(CCCSO)C2N=C(/C=C/C=C/C=C3/N(CCCSO)c4ccc(SO)cc4C3(C)C)C(C)(C)C2=C1. The second kappa shape index (κ2) is 16.6. The van der Waals surface area contributed by atoms with Crippen LogP contribution in [0.5, 0.6) is 0 Å². The van der Waals surface area contributed by atoms with E-state index in [-0.39, 0.29) is 11.6 Å². The quantitative estimate of drug-likeness (QED) is 0.0608. The largest absolute Gasteiger partial charge is 0.479 e. The topological polar surface area (TPSA) is 146 Å². The van der Waals surface area contributed by atoms with Gasteiger partial charge in [0.25, 0.3) is 5.91 Å². The number of aliphatic carboxylic acids is 1. The zero-order chi connectivity index (χ0) is 35.1. The highest BCUT2D eigenvalue weighted by Crippen LogP contribution is 2.49. The molecule has 1 aromatic rings. The van der Waals surface area contributed by atoms with Crippen LogP contribution in [0, 0.1) is 5.41 Å². The molecule has 0 aliphatic carbocycles. The van der Waals surface area contributed by atoms with Gasteiger partial charge in [-0.3, -0.25) is 14.6 Å². The summed E-state index contributed by atoms with van der Waals surface area (Å²) in [6.45, 7) is 9.15. The normalized spacial score (nSPS) is 20.3. The lowest BCUT2D eigenvalue weighted by Gasteiger charge is -2.34. The molecule has 1 unspecified atom stereocenters. The average Bonchev–Trinajstić information content (AvgIpc) is 3.44. The van der Waals surface area contributed by atoms with Crippen molar-refractivity contribution >= 4 is 59.4 Å². The van der Waals surface area contributed by atoms with Crippen LogP contribution in [0.15, 0.2) is 87.6 Å². The summed E-state index contributed by atoms with van der Waals surface area (Å²) in [5, 5.41) is 9.89. The average molecular weight is 717 g/mol. The second-order valence-corrected chi connectivity index (χ2v) is 14.6. The van der Waals surface area contributed by atoms with Crippen molar-refractivity contribution in [3.63, 3.8) is 0 Å². The number of hydrogen-bond acceptors (Lipinski definition) is 12. The predicted molar refractivity (Wildman–Crippen MR) is 195 cm³/mol. The van der Waals surface area contributed by atoms with E-state index in [4.69, 9.17) is 14.9 Å². The lowest BCUT2D eigenvalue weighted by molar-refractivity contribution is -0.182. The van der Waals surface area contributed by atoms with Crippen LogP contribution in [0.1, 0.15) is 46.1 Å². The molecule has 0 fully saturated rings. The molecule has 3 aliphatic heterocycles. The molecule has 0 radical (unpaired) electrons. The molecule has 3 heterocycles. The number of rotatable bonds is 16. The van der Waals surface area contributed by atoms with Crippen LogP contribution >= 0.6 is 36.1 Å². The van der Waals surface area contributed by atoms with Crippen LogP contribution in [0.3, 0.4) is 0 Å². The fourth-order valence-corrected chi connectivity index (χ4v) is 6.97. The number of aliphatic imine (C=N–C) groups is 1. The maximum Gasteiger partial charge on any atom is 0.332 e. The van der Waals surface area contributed by atoms with Crippen molar-refractivity contribution in [2.45, 2.75) is 57.0 Å². The summed E-state index contributed by atoms with van der Waals surface area (Å²) in [5.74, 6) is -0.478. The number of carbonyl (C=O) groups is 2. The van der Waals surface area contributed by atoms with Crippen molar-refractivity contribution in [1.82, 2.24) is 9.96 Å². The summed E-state index contributed by atoms with van der Waals surface area (Å²) in [6, 6.07) is 5.99. The molecule has 1 amide bonds. The molecular formula is C34H44N4O7S3. The third-order valence-corrected chi connectivity index (χ3v) is 10.1. The fraction of sp³-hybridized carbons (Fsp3) is 0.441. The first kappa shape index (κ1) is 37.8. The standard InChI is InChI=1S/C34H44N4O7S3/c1-33(2)26-19-23(32(41)36(5)45-22-30(39)40)21-37(15-9-17-46-42)31(26)35-28(33)11-7-6-8-12-29-34(3,4)25-20-24(48-44)13-14-27(25)38(29)16-10-18-47-43/h6-8,11-14,19-21,31,42-44H,9-10,15-18,22H2,1-5H3,(H,39,40)/b8-6+,11-7+,29-12+. The molecule has 1 aromatic carbocycles. The van der Waals surface area contributed by atoms with Crippen molar-refractivity contribution in [3.05, 3.63) is 83.3 Å². The first-order chi connectivity index (χ1) is 22.9. The number of nitrogens with zero attached hydrogens (tertiary/aromatic N) is 4. The number of allylic oxidation sites excluding steroid dienone is 6. The number of amides is 1. The van der Waals surface area contributed by atoms with Gasteiger partial charge >= 0.3 is 5.97 Å². The molecule has 1 atom stereocenters. The van der Waals surface area contributed by atoms with Crippen LogP contribution in [0.2, 0.25) is 0 Å². The Morgan fingerprint density at radius 1 is 1.02 bits per heavy atom. The van der Waals surface area contributed by atoms with Gasteiger partial charge in [0.2, 0.25) is 0 Å². The van der Waals surface area contributed by atoms with Crippen LogP contribution in [-0.4, -0.2) is 90.7 Å². The van der Waals surface area contributed by atoms with Crippen LogP contribution in [0.25, 0.3) is 0 Å². The maximum absolute atomic E-state index is 13.2. The first-order valence-corrected chi connectivity index (χ1v) is 18.2. The Labute approximate surface area is 295 Å². The van der Waals surface area contributed by atoms with E-state index in [1.807, 2.05) is 53.5 Å². The number of carboxylic acids is 1. The number of benzene rings is 1. The highest BCUT2D eigenvalue weighted by Gasteiger charge is 2.43. The summed E-state index contributed by atoms with van der Waals surface area (Å²) in [4.78, 5) is 39.4. The summed E-state index contributed by atoms with van der Waals surface area (Å²) in [7, 11) is 1.39. The highest BCUT2D eigenvalue weighted by molar-refractivity contribution is 7.94. The van der Waals surface area contributed by atoms with Gasteiger partial charge in [0, 0.05) is 82.7 Å². The maximum atomic E-state index is 13.2. The summed E-state index contributed by atoms with van der Waals surface area (Å²) in [6.07, 6.45) is 14.7. The van der Waals surface area contributed by atoms with Gasteiger partial charge in [-0.2, -0.15) is 0 Å².